The number of carbonyl (C=O) groups is 2. The van der Waals surface area contributed by atoms with Crippen molar-refractivity contribution in [3.05, 3.63) is 30.4 Å². The molecule has 5 rings (SSSR count). The maximum absolute atomic E-state index is 14.3. The van der Waals surface area contributed by atoms with Crippen molar-refractivity contribution >= 4 is 29.4 Å². The van der Waals surface area contributed by atoms with Gasteiger partial charge in [-0.1, -0.05) is 25.8 Å². The Bertz CT molecular complexity index is 1420. The second-order valence-electron chi connectivity index (χ2n) is 12.2. The lowest BCUT2D eigenvalue weighted by Gasteiger charge is -2.36. The second kappa shape index (κ2) is 14.8. The molecule has 3 atom stereocenters. The number of hydrogen-bond acceptors (Lipinski definition) is 9. The predicted molar refractivity (Wildman–Crippen MR) is 162 cm³/mol. The molecule has 12 nitrogen and oxygen atoms in total. The smallest absolute Gasteiger partial charge is 0.383 e. The van der Waals surface area contributed by atoms with Crippen LogP contribution in [0.4, 0.5) is 23.4 Å². The van der Waals surface area contributed by atoms with Crippen molar-refractivity contribution in [1.82, 2.24) is 35.1 Å². The van der Waals surface area contributed by atoms with Gasteiger partial charge in [0.05, 0.1) is 30.5 Å². The van der Waals surface area contributed by atoms with Crippen LogP contribution in [-0.2, 0) is 20.7 Å². The molecule has 16 heteroatoms. The molecule has 1 unspecified atom stereocenters. The molecule has 46 heavy (non-hydrogen) atoms. The van der Waals surface area contributed by atoms with Crippen LogP contribution >= 0.6 is 0 Å². The number of ether oxygens (including phenoxy) is 1. The van der Waals surface area contributed by atoms with Crippen LogP contribution in [0.3, 0.4) is 0 Å². The number of imidazole rings is 1. The van der Waals surface area contributed by atoms with Crippen molar-refractivity contribution in [3.8, 4) is 0 Å². The van der Waals surface area contributed by atoms with E-state index in [9.17, 15) is 27.2 Å². The van der Waals surface area contributed by atoms with E-state index < -0.39 is 48.4 Å². The van der Waals surface area contributed by atoms with Gasteiger partial charge in [-0.2, -0.15) is 27.6 Å². The van der Waals surface area contributed by atoms with E-state index in [2.05, 4.69) is 27.1 Å². The van der Waals surface area contributed by atoms with Gasteiger partial charge in [-0.3, -0.25) is 14.5 Å². The van der Waals surface area contributed by atoms with E-state index in [-0.39, 0.29) is 24.5 Å². The molecule has 0 bridgehead atoms. The van der Waals surface area contributed by atoms with Gasteiger partial charge in [0.15, 0.2) is 5.82 Å². The molecule has 2 saturated heterocycles. The third-order valence-corrected chi connectivity index (χ3v) is 9.15. The van der Waals surface area contributed by atoms with Crippen molar-refractivity contribution in [2.45, 2.75) is 57.2 Å². The Balaban J connectivity index is 1.49. The average molecular weight is 652 g/mol. The van der Waals surface area contributed by atoms with Crippen LogP contribution in [0.15, 0.2) is 24.0 Å². The molecular formula is C30H41F4N9O3. The largest absolute Gasteiger partial charge is 0.393 e. The number of carbonyl (C=O) groups excluding carboxylic acids is 2. The summed E-state index contributed by atoms with van der Waals surface area (Å²) in [5.74, 6) is -4.57. The van der Waals surface area contributed by atoms with Crippen LogP contribution in [0.25, 0.3) is 5.78 Å². The number of hydrogen-bond donors (Lipinski definition) is 2. The molecule has 1 aliphatic carbocycles. The number of alkyl halides is 3. The molecule has 2 aromatic rings. The first-order chi connectivity index (χ1) is 22.1. The first kappa shape index (κ1) is 33.7. The Kier molecular flexibility index (Phi) is 10.9. The molecule has 4 heterocycles. The summed E-state index contributed by atoms with van der Waals surface area (Å²) in [6.07, 6.45) is 2.33. The fraction of sp³-hybridized carbons (Fsp3) is 0.667. The van der Waals surface area contributed by atoms with E-state index in [0.717, 1.165) is 44.8 Å². The molecule has 2 N–H and O–H groups in total. The lowest BCUT2D eigenvalue weighted by Crippen LogP contribution is -2.49. The number of aromatic nitrogens is 4. The number of fused-ring (bicyclic) bond motifs is 1. The maximum Gasteiger partial charge on any atom is 0.393 e. The Morgan fingerprint density at radius 1 is 1.22 bits per heavy atom. The lowest BCUT2D eigenvalue weighted by molar-refractivity contribution is -0.183. The van der Waals surface area contributed by atoms with E-state index >= 15 is 0 Å². The SMILES string of the molecule is C=CN=C(F)C(=O)NC(c1cn2nc(C[C@H]3C[C@@H](C(F)(F)F)CNC3=O)c(N3CCN(CCOC)CC3)nc2n1)C1CCCCC1. The number of piperidine rings is 1. The monoisotopic (exact) mass is 651 g/mol. The predicted octanol–water partition coefficient (Wildman–Crippen LogP) is 3.00. The third kappa shape index (κ3) is 8.00. The van der Waals surface area contributed by atoms with Crippen LogP contribution in [0, 0.1) is 17.8 Å². The number of anilines is 1. The summed E-state index contributed by atoms with van der Waals surface area (Å²) in [5, 5.41) is 9.92. The minimum Gasteiger partial charge on any atom is -0.383 e. The fourth-order valence-electron chi connectivity index (χ4n) is 6.60. The molecule has 0 radical (unpaired) electrons. The summed E-state index contributed by atoms with van der Waals surface area (Å²) in [5.41, 5.74) is 0.818. The fourth-order valence-corrected chi connectivity index (χ4v) is 6.60. The quantitative estimate of drug-likeness (QED) is 0.281. The zero-order chi connectivity index (χ0) is 32.8. The number of amides is 2. The zero-order valence-corrected chi connectivity index (χ0v) is 25.9. The van der Waals surface area contributed by atoms with Crippen LogP contribution < -0.4 is 15.5 Å². The van der Waals surface area contributed by atoms with Gasteiger partial charge in [0.25, 0.3) is 17.7 Å². The standard InChI is InChI=1S/C30H41F4N9O3/c1-3-35-25(31)28(45)38-24(19-7-5-4-6-8-19)23-18-43-29(37-23)39-26(42-11-9-41(10-12-42)13-14-46-2)22(40-43)16-20-15-21(30(32,33)34)17-36-27(20)44/h3,18-21,24H,1,4-17H2,2H3,(H,36,44)(H,38,45)/t20-,21-,24?/m1/s1. The molecule has 2 aromatic heterocycles. The van der Waals surface area contributed by atoms with Gasteiger partial charge >= 0.3 is 6.18 Å². The second-order valence-corrected chi connectivity index (χ2v) is 12.2. The summed E-state index contributed by atoms with van der Waals surface area (Å²) >= 11 is 0. The van der Waals surface area contributed by atoms with Crippen molar-refractivity contribution in [2.75, 3.05) is 57.9 Å². The number of halogens is 4. The van der Waals surface area contributed by atoms with E-state index in [1.807, 2.05) is 4.90 Å². The Morgan fingerprint density at radius 3 is 2.63 bits per heavy atom. The van der Waals surface area contributed by atoms with E-state index in [0.29, 0.717) is 50.0 Å². The van der Waals surface area contributed by atoms with E-state index in [1.54, 1.807) is 13.3 Å². The summed E-state index contributed by atoms with van der Waals surface area (Å²) in [4.78, 5) is 42.6. The van der Waals surface area contributed by atoms with Gasteiger partial charge in [0, 0.05) is 64.9 Å². The molecule has 0 aromatic carbocycles. The van der Waals surface area contributed by atoms with E-state index in [1.165, 1.54) is 4.52 Å². The van der Waals surface area contributed by atoms with Crippen molar-refractivity contribution in [1.29, 1.82) is 0 Å². The highest BCUT2D eigenvalue weighted by molar-refractivity contribution is 6.34. The van der Waals surface area contributed by atoms with Crippen molar-refractivity contribution in [3.63, 3.8) is 0 Å². The molecule has 2 aliphatic heterocycles. The normalized spacial score (nSPS) is 22.9. The van der Waals surface area contributed by atoms with Gasteiger partial charge in [-0.05, 0) is 25.2 Å². The minimum atomic E-state index is -4.43. The molecule has 2 amide bonds. The van der Waals surface area contributed by atoms with Gasteiger partial charge in [0.2, 0.25) is 5.91 Å². The topological polar surface area (TPSA) is 129 Å². The molecule has 1 saturated carbocycles. The van der Waals surface area contributed by atoms with E-state index in [4.69, 9.17) is 19.8 Å². The van der Waals surface area contributed by atoms with Crippen molar-refractivity contribution in [2.24, 2.45) is 22.7 Å². The Labute approximate surface area is 264 Å². The van der Waals surface area contributed by atoms with Crippen LogP contribution in [-0.4, -0.2) is 101 Å². The van der Waals surface area contributed by atoms with Gasteiger partial charge in [0.1, 0.15) is 5.69 Å². The number of nitrogens with one attached hydrogen (secondary N) is 2. The highest BCUT2D eigenvalue weighted by atomic mass is 19.4. The first-order valence-corrected chi connectivity index (χ1v) is 15.8. The number of piperazine rings is 1. The number of aliphatic imine (C=N–C) groups is 1. The maximum atomic E-state index is 14.3. The summed E-state index contributed by atoms with van der Waals surface area (Å²) < 4.78 is 61.8. The number of nitrogens with zero attached hydrogens (tertiary/aromatic N) is 7. The first-order valence-electron chi connectivity index (χ1n) is 15.8. The molecule has 3 aliphatic rings. The molecule has 252 valence electrons. The summed E-state index contributed by atoms with van der Waals surface area (Å²) in [6.45, 7) is 6.84. The molecule has 0 spiro atoms. The van der Waals surface area contributed by atoms with Gasteiger partial charge < -0.3 is 20.3 Å². The summed E-state index contributed by atoms with van der Waals surface area (Å²) in [6, 6.07) is -0.644. The summed E-state index contributed by atoms with van der Waals surface area (Å²) in [7, 11) is 1.65. The minimum absolute atomic E-state index is 0.0106. The van der Waals surface area contributed by atoms with Gasteiger partial charge in [-0.15, -0.1) is 0 Å². The highest BCUT2D eigenvalue weighted by Crippen LogP contribution is 2.36. The van der Waals surface area contributed by atoms with Crippen molar-refractivity contribution < 1.29 is 31.9 Å². The van der Waals surface area contributed by atoms with Crippen LogP contribution in [0.2, 0.25) is 0 Å². The van der Waals surface area contributed by atoms with Gasteiger partial charge in [-0.25, -0.2) is 14.5 Å². The highest BCUT2D eigenvalue weighted by Gasteiger charge is 2.45. The molecule has 3 fully saturated rings. The molecular weight excluding hydrogens is 610 g/mol. The third-order valence-electron chi connectivity index (χ3n) is 9.15. The lowest BCUT2D eigenvalue weighted by atomic mass is 9.82. The Morgan fingerprint density at radius 2 is 1.96 bits per heavy atom. The van der Waals surface area contributed by atoms with Crippen LogP contribution in [0.1, 0.15) is 56.0 Å². The zero-order valence-electron chi connectivity index (χ0n) is 25.9. The Hall–Kier alpha value is -3.66. The number of methoxy groups -OCH3 is 1. The average Bonchev–Trinajstić information content (AvgIpc) is 3.46. The van der Waals surface area contributed by atoms with Crippen LogP contribution in [0.5, 0.6) is 0 Å². The number of rotatable bonds is 11.